The highest BCUT2D eigenvalue weighted by Gasteiger charge is 2.50. The van der Waals surface area contributed by atoms with Crippen LogP contribution in [0.1, 0.15) is 38.7 Å². The monoisotopic (exact) mass is 288 g/mol. The Morgan fingerprint density at radius 1 is 1.29 bits per heavy atom. The standard InChI is InChI=1S/C18H28N2O/c1-14(2)16(19)9-12-20(3)17(21)18(10-11-18)13-15-7-5-4-6-8-15/h4-8,14,16H,9-13,19H2,1-3H3. The summed E-state index contributed by atoms with van der Waals surface area (Å²) in [5.41, 5.74) is 7.19. The molecule has 3 nitrogen and oxygen atoms in total. The number of hydrogen-bond donors (Lipinski definition) is 1. The average molecular weight is 288 g/mol. The van der Waals surface area contributed by atoms with Gasteiger partial charge in [0.2, 0.25) is 5.91 Å². The summed E-state index contributed by atoms with van der Waals surface area (Å²) < 4.78 is 0. The Morgan fingerprint density at radius 2 is 1.90 bits per heavy atom. The SMILES string of the molecule is CC(C)C(N)CCN(C)C(=O)C1(Cc2ccccc2)CC1. The molecule has 0 spiro atoms. The lowest BCUT2D eigenvalue weighted by Gasteiger charge is -2.25. The van der Waals surface area contributed by atoms with Crippen LogP contribution in [-0.2, 0) is 11.2 Å². The normalized spacial score (nSPS) is 17.6. The molecule has 0 saturated heterocycles. The second kappa shape index (κ2) is 6.61. The Morgan fingerprint density at radius 3 is 2.43 bits per heavy atom. The second-order valence-electron chi connectivity index (χ2n) is 6.87. The van der Waals surface area contributed by atoms with E-state index in [-0.39, 0.29) is 11.5 Å². The van der Waals surface area contributed by atoms with Crippen molar-refractivity contribution >= 4 is 5.91 Å². The molecule has 0 aliphatic heterocycles. The highest BCUT2D eigenvalue weighted by Crippen LogP contribution is 2.49. The number of hydrogen-bond acceptors (Lipinski definition) is 2. The summed E-state index contributed by atoms with van der Waals surface area (Å²) in [4.78, 5) is 14.6. The molecule has 1 saturated carbocycles. The first kappa shape index (κ1) is 16.0. The van der Waals surface area contributed by atoms with E-state index in [2.05, 4.69) is 26.0 Å². The molecule has 1 aliphatic rings. The lowest BCUT2D eigenvalue weighted by Crippen LogP contribution is -2.39. The summed E-state index contributed by atoms with van der Waals surface area (Å²) in [5, 5.41) is 0. The number of nitrogens with two attached hydrogens (primary N) is 1. The van der Waals surface area contributed by atoms with E-state index in [1.807, 2.05) is 30.1 Å². The van der Waals surface area contributed by atoms with Gasteiger partial charge in [0.05, 0.1) is 5.41 Å². The van der Waals surface area contributed by atoms with Gasteiger partial charge in [0.25, 0.3) is 0 Å². The molecule has 0 heterocycles. The van der Waals surface area contributed by atoms with E-state index >= 15 is 0 Å². The molecule has 116 valence electrons. The van der Waals surface area contributed by atoms with Crippen LogP contribution in [0.2, 0.25) is 0 Å². The van der Waals surface area contributed by atoms with Gasteiger partial charge in [-0.3, -0.25) is 4.79 Å². The number of carbonyl (C=O) groups excluding carboxylic acids is 1. The maximum atomic E-state index is 12.7. The van der Waals surface area contributed by atoms with E-state index < -0.39 is 0 Å². The molecule has 0 aromatic heterocycles. The van der Waals surface area contributed by atoms with Crippen molar-refractivity contribution in [3.05, 3.63) is 35.9 Å². The van der Waals surface area contributed by atoms with E-state index in [1.54, 1.807) is 0 Å². The number of benzene rings is 1. The van der Waals surface area contributed by atoms with Crippen LogP contribution in [0.25, 0.3) is 0 Å². The van der Waals surface area contributed by atoms with Crippen molar-refractivity contribution in [3.63, 3.8) is 0 Å². The summed E-state index contributed by atoms with van der Waals surface area (Å²) in [6.07, 6.45) is 3.77. The molecule has 21 heavy (non-hydrogen) atoms. The first-order chi connectivity index (χ1) is 9.94. The predicted molar refractivity (Wildman–Crippen MR) is 86.9 cm³/mol. The largest absolute Gasteiger partial charge is 0.345 e. The van der Waals surface area contributed by atoms with Gasteiger partial charge in [-0.25, -0.2) is 0 Å². The fourth-order valence-corrected chi connectivity index (χ4v) is 2.79. The quantitative estimate of drug-likeness (QED) is 0.838. The van der Waals surface area contributed by atoms with Crippen LogP contribution in [0.5, 0.6) is 0 Å². The van der Waals surface area contributed by atoms with Gasteiger partial charge < -0.3 is 10.6 Å². The third kappa shape index (κ3) is 4.07. The van der Waals surface area contributed by atoms with Crippen LogP contribution >= 0.6 is 0 Å². The maximum Gasteiger partial charge on any atom is 0.228 e. The van der Waals surface area contributed by atoms with Crippen molar-refractivity contribution in [2.45, 2.75) is 45.6 Å². The van der Waals surface area contributed by atoms with Gasteiger partial charge in [-0.15, -0.1) is 0 Å². The van der Waals surface area contributed by atoms with Crippen molar-refractivity contribution in [2.75, 3.05) is 13.6 Å². The minimum Gasteiger partial charge on any atom is -0.345 e. The van der Waals surface area contributed by atoms with Crippen LogP contribution in [0, 0.1) is 11.3 Å². The zero-order valence-corrected chi connectivity index (χ0v) is 13.5. The lowest BCUT2D eigenvalue weighted by atomic mass is 9.94. The molecular formula is C18H28N2O. The average Bonchev–Trinajstić information content (AvgIpc) is 3.25. The Balaban J connectivity index is 1.90. The number of nitrogens with zero attached hydrogens (tertiary/aromatic N) is 1. The van der Waals surface area contributed by atoms with Gasteiger partial charge in [-0.05, 0) is 37.2 Å². The molecule has 0 bridgehead atoms. The second-order valence-corrected chi connectivity index (χ2v) is 6.87. The van der Waals surface area contributed by atoms with Gasteiger partial charge in [0.1, 0.15) is 0 Å². The molecule has 1 atom stereocenters. The molecule has 1 amide bonds. The van der Waals surface area contributed by atoms with E-state index in [9.17, 15) is 4.79 Å². The van der Waals surface area contributed by atoms with E-state index in [0.29, 0.717) is 11.8 Å². The zero-order chi connectivity index (χ0) is 15.5. The fourth-order valence-electron chi connectivity index (χ4n) is 2.79. The molecule has 1 unspecified atom stereocenters. The first-order valence-electron chi connectivity index (χ1n) is 8.00. The van der Waals surface area contributed by atoms with Gasteiger partial charge in [-0.1, -0.05) is 44.2 Å². The number of amides is 1. The molecule has 1 aromatic rings. The van der Waals surface area contributed by atoms with Crippen molar-refractivity contribution < 1.29 is 4.79 Å². The smallest absolute Gasteiger partial charge is 0.228 e. The van der Waals surface area contributed by atoms with Gasteiger partial charge >= 0.3 is 0 Å². The summed E-state index contributed by atoms with van der Waals surface area (Å²) in [6.45, 7) is 5.02. The van der Waals surface area contributed by atoms with Crippen LogP contribution in [0.3, 0.4) is 0 Å². The summed E-state index contributed by atoms with van der Waals surface area (Å²) in [6, 6.07) is 10.5. The van der Waals surface area contributed by atoms with Crippen molar-refractivity contribution in [3.8, 4) is 0 Å². The van der Waals surface area contributed by atoms with Crippen LogP contribution in [0.15, 0.2) is 30.3 Å². The number of carbonyl (C=O) groups is 1. The molecule has 3 heteroatoms. The van der Waals surface area contributed by atoms with Gasteiger partial charge in [0.15, 0.2) is 0 Å². The van der Waals surface area contributed by atoms with E-state index in [0.717, 1.165) is 32.2 Å². The van der Waals surface area contributed by atoms with Crippen LogP contribution < -0.4 is 5.73 Å². The Kier molecular flexibility index (Phi) is 5.04. The van der Waals surface area contributed by atoms with Gasteiger partial charge in [0, 0.05) is 19.6 Å². The van der Waals surface area contributed by atoms with E-state index in [4.69, 9.17) is 5.73 Å². The Labute approximate surface area is 128 Å². The topological polar surface area (TPSA) is 46.3 Å². The first-order valence-corrected chi connectivity index (χ1v) is 8.00. The van der Waals surface area contributed by atoms with E-state index in [1.165, 1.54) is 5.56 Å². The number of rotatable bonds is 7. The molecule has 0 radical (unpaired) electrons. The molecule has 2 N–H and O–H groups in total. The van der Waals surface area contributed by atoms with Crippen molar-refractivity contribution in [2.24, 2.45) is 17.1 Å². The molecule has 1 aliphatic carbocycles. The van der Waals surface area contributed by atoms with Crippen molar-refractivity contribution in [1.82, 2.24) is 4.90 Å². The third-order valence-corrected chi connectivity index (χ3v) is 4.69. The fraction of sp³-hybridized carbons (Fsp3) is 0.611. The van der Waals surface area contributed by atoms with Crippen LogP contribution in [-0.4, -0.2) is 30.4 Å². The summed E-state index contributed by atoms with van der Waals surface area (Å²) >= 11 is 0. The van der Waals surface area contributed by atoms with Crippen LogP contribution in [0.4, 0.5) is 0 Å². The van der Waals surface area contributed by atoms with Crippen molar-refractivity contribution in [1.29, 1.82) is 0 Å². The maximum absolute atomic E-state index is 12.7. The van der Waals surface area contributed by atoms with Gasteiger partial charge in [-0.2, -0.15) is 0 Å². The predicted octanol–water partition coefficient (Wildman–Crippen LogP) is 2.84. The Bertz CT molecular complexity index is 465. The summed E-state index contributed by atoms with van der Waals surface area (Å²) in [7, 11) is 1.92. The zero-order valence-electron chi connectivity index (χ0n) is 13.5. The minimum absolute atomic E-state index is 0.141. The Hall–Kier alpha value is -1.35. The molecule has 1 aromatic carbocycles. The minimum atomic E-state index is -0.141. The molecule has 2 rings (SSSR count). The highest BCUT2D eigenvalue weighted by atomic mass is 16.2. The lowest BCUT2D eigenvalue weighted by molar-refractivity contribution is -0.135. The summed E-state index contributed by atoms with van der Waals surface area (Å²) in [5.74, 6) is 0.759. The molecular weight excluding hydrogens is 260 g/mol. The third-order valence-electron chi connectivity index (χ3n) is 4.69. The molecule has 1 fully saturated rings. The highest BCUT2D eigenvalue weighted by molar-refractivity contribution is 5.85.